The maximum atomic E-state index is 13.5. The summed E-state index contributed by atoms with van der Waals surface area (Å²) in [5.41, 5.74) is 1.63. The summed E-state index contributed by atoms with van der Waals surface area (Å²) in [6, 6.07) is 13.2. The van der Waals surface area contributed by atoms with E-state index in [0.717, 1.165) is 0 Å². The van der Waals surface area contributed by atoms with Crippen LogP contribution in [0.3, 0.4) is 0 Å². The summed E-state index contributed by atoms with van der Waals surface area (Å²) in [6.07, 6.45) is 1.36. The molecule has 0 spiro atoms. The molecule has 2 aromatic carbocycles. The Kier molecular flexibility index (Phi) is 5.29. The van der Waals surface area contributed by atoms with Gasteiger partial charge in [-0.05, 0) is 42.7 Å². The lowest BCUT2D eigenvalue weighted by atomic mass is 9.88. The van der Waals surface area contributed by atoms with Crippen molar-refractivity contribution in [3.63, 3.8) is 0 Å². The number of anilines is 1. The Morgan fingerprint density at radius 1 is 1.07 bits per heavy atom. The Balaban J connectivity index is 1.38. The first-order valence-electron chi connectivity index (χ1n) is 9.75. The van der Waals surface area contributed by atoms with Crippen LogP contribution in [0.2, 0.25) is 0 Å². The first-order valence-corrected chi connectivity index (χ1v) is 9.75. The first kappa shape index (κ1) is 19.1. The molecule has 1 atom stereocenters. The van der Waals surface area contributed by atoms with Crippen LogP contribution in [0, 0.1) is 5.82 Å². The summed E-state index contributed by atoms with van der Waals surface area (Å²) in [5.74, 6) is -1.58. The van der Waals surface area contributed by atoms with Crippen molar-refractivity contribution in [2.45, 2.75) is 31.2 Å². The minimum absolute atomic E-state index is 0.00259. The van der Waals surface area contributed by atoms with E-state index in [0.29, 0.717) is 42.7 Å². The van der Waals surface area contributed by atoms with Crippen molar-refractivity contribution >= 4 is 23.4 Å². The van der Waals surface area contributed by atoms with E-state index in [4.69, 9.17) is 0 Å². The lowest BCUT2D eigenvalue weighted by Gasteiger charge is -2.36. The summed E-state index contributed by atoms with van der Waals surface area (Å²) in [7, 11) is 0. The molecule has 6 nitrogen and oxygen atoms in total. The van der Waals surface area contributed by atoms with Crippen molar-refractivity contribution in [3.8, 4) is 0 Å². The number of nitrogens with one attached hydrogen (secondary N) is 2. The Morgan fingerprint density at radius 3 is 2.52 bits per heavy atom. The molecule has 0 radical (unpaired) electrons. The molecule has 2 aromatic rings. The molecule has 2 aliphatic rings. The number of amides is 3. The van der Waals surface area contributed by atoms with Crippen molar-refractivity contribution in [2.75, 3.05) is 18.4 Å². The molecular weight excluding hydrogens is 373 g/mol. The zero-order valence-electron chi connectivity index (χ0n) is 15.9. The van der Waals surface area contributed by atoms with Gasteiger partial charge < -0.3 is 15.5 Å². The average molecular weight is 395 g/mol. The van der Waals surface area contributed by atoms with Crippen LogP contribution in [-0.4, -0.2) is 41.8 Å². The van der Waals surface area contributed by atoms with E-state index in [-0.39, 0.29) is 30.2 Å². The number of benzene rings is 2. The fraction of sp³-hybridized carbons (Fsp3) is 0.318. The van der Waals surface area contributed by atoms with E-state index in [1.807, 2.05) is 18.2 Å². The standard InChI is InChI=1S/C22H22FN3O3/c23-15-6-7-17-18(13-20(27)25-19(17)12-15)22(29)26-10-8-16(9-11-26)24-21(28)14-4-2-1-3-5-14/h1-7,12,16,18H,8-11,13H2,(H,24,28)(H,25,27)/t18-/m1/s1. The highest BCUT2D eigenvalue weighted by atomic mass is 19.1. The van der Waals surface area contributed by atoms with Gasteiger partial charge in [-0.2, -0.15) is 0 Å². The van der Waals surface area contributed by atoms with Crippen LogP contribution < -0.4 is 10.6 Å². The molecule has 2 N–H and O–H groups in total. The van der Waals surface area contributed by atoms with E-state index in [9.17, 15) is 18.8 Å². The van der Waals surface area contributed by atoms with Gasteiger partial charge in [0.1, 0.15) is 5.82 Å². The number of fused-ring (bicyclic) bond motifs is 1. The number of rotatable bonds is 3. The lowest BCUT2D eigenvalue weighted by Crippen LogP contribution is -2.48. The summed E-state index contributed by atoms with van der Waals surface area (Å²) in [4.78, 5) is 39.1. The zero-order chi connectivity index (χ0) is 20.4. The number of likely N-dealkylation sites (tertiary alicyclic amines) is 1. The van der Waals surface area contributed by atoms with E-state index < -0.39 is 11.7 Å². The molecule has 150 valence electrons. The van der Waals surface area contributed by atoms with E-state index in [1.165, 1.54) is 12.1 Å². The van der Waals surface area contributed by atoms with Crippen LogP contribution in [0.4, 0.5) is 10.1 Å². The molecule has 4 rings (SSSR count). The van der Waals surface area contributed by atoms with Gasteiger partial charge in [0, 0.05) is 36.8 Å². The molecule has 0 bridgehead atoms. The molecule has 1 fully saturated rings. The first-order chi connectivity index (χ1) is 14.0. The maximum absolute atomic E-state index is 13.5. The van der Waals surface area contributed by atoms with Gasteiger partial charge >= 0.3 is 0 Å². The lowest BCUT2D eigenvalue weighted by molar-refractivity contribution is -0.136. The maximum Gasteiger partial charge on any atom is 0.251 e. The quantitative estimate of drug-likeness (QED) is 0.839. The Hall–Kier alpha value is -3.22. The Morgan fingerprint density at radius 2 is 1.79 bits per heavy atom. The fourth-order valence-electron chi connectivity index (χ4n) is 3.98. The topological polar surface area (TPSA) is 78.5 Å². The normalized spacial score (nSPS) is 19.3. The number of carbonyl (C=O) groups is 3. The molecular formula is C22H22FN3O3. The van der Waals surface area contributed by atoms with Gasteiger partial charge in [0.2, 0.25) is 11.8 Å². The molecule has 1 saturated heterocycles. The Bertz CT molecular complexity index is 940. The third-order valence-corrected chi connectivity index (χ3v) is 5.53. The zero-order valence-corrected chi connectivity index (χ0v) is 15.9. The highest BCUT2D eigenvalue weighted by Gasteiger charge is 2.35. The van der Waals surface area contributed by atoms with Gasteiger partial charge in [0.25, 0.3) is 5.91 Å². The van der Waals surface area contributed by atoms with Crippen LogP contribution in [0.1, 0.15) is 41.1 Å². The number of nitrogens with zero attached hydrogens (tertiary/aromatic N) is 1. The van der Waals surface area contributed by atoms with Gasteiger partial charge in [-0.15, -0.1) is 0 Å². The monoisotopic (exact) mass is 395 g/mol. The summed E-state index contributed by atoms with van der Waals surface area (Å²) < 4.78 is 13.5. The number of halogens is 1. The largest absolute Gasteiger partial charge is 0.349 e. The predicted molar refractivity (Wildman–Crippen MR) is 106 cm³/mol. The minimum Gasteiger partial charge on any atom is -0.349 e. The highest BCUT2D eigenvalue weighted by Crippen LogP contribution is 2.34. The third kappa shape index (κ3) is 4.13. The van der Waals surface area contributed by atoms with Crippen molar-refractivity contribution in [1.29, 1.82) is 0 Å². The molecule has 2 aliphatic heterocycles. The van der Waals surface area contributed by atoms with Crippen molar-refractivity contribution in [1.82, 2.24) is 10.2 Å². The molecule has 0 unspecified atom stereocenters. The highest BCUT2D eigenvalue weighted by molar-refractivity contribution is 6.01. The van der Waals surface area contributed by atoms with Gasteiger partial charge in [-0.25, -0.2) is 4.39 Å². The number of hydrogen-bond donors (Lipinski definition) is 2. The second-order valence-electron chi connectivity index (χ2n) is 7.48. The van der Waals surface area contributed by atoms with Gasteiger partial charge in [-0.1, -0.05) is 24.3 Å². The summed E-state index contributed by atoms with van der Waals surface area (Å²) in [5, 5.41) is 5.66. The van der Waals surface area contributed by atoms with Crippen LogP contribution in [0.15, 0.2) is 48.5 Å². The smallest absolute Gasteiger partial charge is 0.251 e. The third-order valence-electron chi connectivity index (χ3n) is 5.53. The fourth-order valence-corrected chi connectivity index (χ4v) is 3.98. The van der Waals surface area contributed by atoms with Crippen LogP contribution >= 0.6 is 0 Å². The van der Waals surface area contributed by atoms with Crippen LogP contribution in [0.25, 0.3) is 0 Å². The average Bonchev–Trinajstić information content (AvgIpc) is 2.73. The van der Waals surface area contributed by atoms with Gasteiger partial charge in [-0.3, -0.25) is 14.4 Å². The van der Waals surface area contributed by atoms with Crippen molar-refractivity contribution in [3.05, 3.63) is 65.5 Å². The molecule has 0 aliphatic carbocycles. The molecule has 2 heterocycles. The SMILES string of the molecule is O=C1C[C@@H](C(=O)N2CCC(NC(=O)c3ccccc3)CC2)c2ccc(F)cc2N1. The Labute approximate surface area is 168 Å². The molecule has 0 saturated carbocycles. The number of piperidine rings is 1. The molecule has 0 aromatic heterocycles. The van der Waals surface area contributed by atoms with Gasteiger partial charge in [0.05, 0.1) is 5.92 Å². The van der Waals surface area contributed by atoms with Crippen LogP contribution in [-0.2, 0) is 9.59 Å². The molecule has 29 heavy (non-hydrogen) atoms. The molecule has 3 amide bonds. The second kappa shape index (κ2) is 8.03. The summed E-state index contributed by atoms with van der Waals surface area (Å²) >= 11 is 0. The number of carbonyl (C=O) groups excluding carboxylic acids is 3. The van der Waals surface area contributed by atoms with Crippen LogP contribution in [0.5, 0.6) is 0 Å². The second-order valence-corrected chi connectivity index (χ2v) is 7.48. The van der Waals surface area contributed by atoms with E-state index in [1.54, 1.807) is 23.1 Å². The van der Waals surface area contributed by atoms with Crippen molar-refractivity contribution < 1.29 is 18.8 Å². The number of hydrogen-bond acceptors (Lipinski definition) is 3. The van der Waals surface area contributed by atoms with E-state index in [2.05, 4.69) is 10.6 Å². The minimum atomic E-state index is -0.602. The van der Waals surface area contributed by atoms with Crippen molar-refractivity contribution in [2.24, 2.45) is 0 Å². The van der Waals surface area contributed by atoms with E-state index >= 15 is 0 Å². The van der Waals surface area contributed by atoms with Gasteiger partial charge in [0.15, 0.2) is 0 Å². The predicted octanol–water partition coefficient (Wildman–Crippen LogP) is 2.67. The summed E-state index contributed by atoms with van der Waals surface area (Å²) in [6.45, 7) is 1.01. The molecule has 7 heteroatoms.